The molecule has 0 atom stereocenters. The molecule has 0 saturated carbocycles. The summed E-state index contributed by atoms with van der Waals surface area (Å²) in [7, 11) is 0. The molecule has 0 aliphatic carbocycles. The number of benzene rings is 2. The molecule has 0 radical (unpaired) electrons. The maximum absolute atomic E-state index is 13.9. The highest BCUT2D eigenvalue weighted by Gasteiger charge is 2.23. The van der Waals surface area contributed by atoms with Crippen LogP contribution in [0, 0.1) is 26.6 Å². The summed E-state index contributed by atoms with van der Waals surface area (Å²) in [6, 6.07) is 10.6. The molecule has 1 aliphatic heterocycles. The van der Waals surface area contributed by atoms with E-state index in [9.17, 15) is 14.0 Å². The number of hydrogen-bond acceptors (Lipinski definition) is 5. The Morgan fingerprint density at radius 2 is 1.60 bits per heavy atom. The normalized spacial score (nSPS) is 13.9. The smallest absolute Gasteiger partial charge is 0.344 e. The van der Waals surface area contributed by atoms with Crippen molar-refractivity contribution >= 4 is 17.6 Å². The molecule has 7 heteroatoms. The second-order valence-corrected chi connectivity index (χ2v) is 7.50. The number of aryl methyl sites for hydroxylation is 3. The van der Waals surface area contributed by atoms with Gasteiger partial charge in [-0.1, -0.05) is 29.8 Å². The molecular formula is C23H27FN2O4. The maximum Gasteiger partial charge on any atom is 0.344 e. The van der Waals surface area contributed by atoms with Crippen LogP contribution in [0.3, 0.4) is 0 Å². The van der Waals surface area contributed by atoms with Crippen molar-refractivity contribution in [2.75, 3.05) is 44.3 Å². The highest BCUT2D eigenvalue weighted by molar-refractivity contribution is 5.81. The molecule has 2 aromatic carbocycles. The molecule has 0 unspecified atom stereocenters. The summed E-state index contributed by atoms with van der Waals surface area (Å²) in [5.41, 5.74) is 3.56. The summed E-state index contributed by atoms with van der Waals surface area (Å²) in [4.78, 5) is 27.9. The lowest BCUT2D eigenvalue weighted by molar-refractivity contribution is -0.153. The molecule has 0 spiro atoms. The van der Waals surface area contributed by atoms with Crippen LogP contribution in [0.1, 0.15) is 16.7 Å². The van der Waals surface area contributed by atoms with E-state index in [1.165, 1.54) is 6.07 Å². The highest BCUT2D eigenvalue weighted by atomic mass is 19.1. The van der Waals surface area contributed by atoms with Crippen LogP contribution in [0.4, 0.5) is 10.1 Å². The van der Waals surface area contributed by atoms with Crippen molar-refractivity contribution in [2.24, 2.45) is 0 Å². The van der Waals surface area contributed by atoms with E-state index in [2.05, 4.69) is 0 Å². The standard InChI is InChI=1S/C23H27FN2O4/c1-16-12-17(2)23(18(3)13-16)30-15-22(28)29-14-21(27)26-10-8-25(9-11-26)20-7-5-4-6-19(20)24/h4-7,12-13H,8-11,14-15H2,1-3H3. The predicted octanol–water partition coefficient (Wildman–Crippen LogP) is 3.02. The van der Waals surface area contributed by atoms with Crippen molar-refractivity contribution in [3.05, 3.63) is 58.9 Å². The minimum absolute atomic E-state index is 0.251. The van der Waals surface area contributed by atoms with Crippen LogP contribution in [0.5, 0.6) is 5.75 Å². The van der Waals surface area contributed by atoms with Crippen molar-refractivity contribution in [1.29, 1.82) is 0 Å². The number of amides is 1. The van der Waals surface area contributed by atoms with E-state index < -0.39 is 5.97 Å². The largest absolute Gasteiger partial charge is 0.481 e. The second-order valence-electron chi connectivity index (χ2n) is 7.50. The monoisotopic (exact) mass is 414 g/mol. The number of hydrogen-bond donors (Lipinski definition) is 0. The lowest BCUT2D eigenvalue weighted by Gasteiger charge is -2.36. The fraction of sp³-hybridized carbons (Fsp3) is 0.391. The second kappa shape index (κ2) is 9.61. The third-order valence-corrected chi connectivity index (χ3v) is 5.12. The van der Waals surface area contributed by atoms with Crippen molar-refractivity contribution in [3.8, 4) is 5.75 Å². The average molecular weight is 414 g/mol. The minimum atomic E-state index is -0.590. The number of halogens is 1. The van der Waals surface area contributed by atoms with Gasteiger partial charge in [-0.3, -0.25) is 4.79 Å². The highest BCUT2D eigenvalue weighted by Crippen LogP contribution is 2.24. The average Bonchev–Trinajstić information content (AvgIpc) is 2.71. The van der Waals surface area contributed by atoms with E-state index in [1.807, 2.05) is 37.8 Å². The Kier molecular flexibility index (Phi) is 6.92. The van der Waals surface area contributed by atoms with E-state index in [1.54, 1.807) is 23.1 Å². The first kappa shape index (κ1) is 21.6. The van der Waals surface area contributed by atoms with E-state index >= 15 is 0 Å². The molecule has 1 heterocycles. The Balaban J connectivity index is 1.43. The van der Waals surface area contributed by atoms with Crippen LogP contribution in [0.25, 0.3) is 0 Å². The first-order valence-corrected chi connectivity index (χ1v) is 9.98. The van der Waals surface area contributed by atoms with Crippen molar-refractivity contribution in [1.82, 2.24) is 4.90 Å². The number of ether oxygens (including phenoxy) is 2. The first-order chi connectivity index (χ1) is 14.3. The molecule has 3 rings (SSSR count). The topological polar surface area (TPSA) is 59.1 Å². The zero-order chi connectivity index (χ0) is 21.7. The van der Waals surface area contributed by atoms with Crippen LogP contribution in [0.2, 0.25) is 0 Å². The molecule has 0 N–H and O–H groups in total. The number of anilines is 1. The lowest BCUT2D eigenvalue weighted by Crippen LogP contribution is -2.50. The number of rotatable bonds is 6. The third-order valence-electron chi connectivity index (χ3n) is 5.12. The van der Waals surface area contributed by atoms with E-state index in [4.69, 9.17) is 9.47 Å². The predicted molar refractivity (Wildman–Crippen MR) is 112 cm³/mol. The Morgan fingerprint density at radius 1 is 0.967 bits per heavy atom. The van der Waals surface area contributed by atoms with Gasteiger partial charge in [0.2, 0.25) is 0 Å². The molecule has 1 saturated heterocycles. The van der Waals surface area contributed by atoms with Gasteiger partial charge in [0, 0.05) is 26.2 Å². The van der Waals surface area contributed by atoms with Gasteiger partial charge in [-0.2, -0.15) is 0 Å². The Bertz CT molecular complexity index is 900. The zero-order valence-electron chi connectivity index (χ0n) is 17.6. The summed E-state index contributed by atoms with van der Waals surface area (Å²) < 4.78 is 24.6. The molecule has 2 aromatic rings. The van der Waals surface area contributed by atoms with Gasteiger partial charge in [-0.15, -0.1) is 0 Å². The summed E-state index contributed by atoms with van der Waals surface area (Å²) in [6.07, 6.45) is 0. The van der Waals surface area contributed by atoms with Crippen LogP contribution in [-0.2, 0) is 14.3 Å². The summed E-state index contributed by atoms with van der Waals surface area (Å²) >= 11 is 0. The van der Waals surface area contributed by atoms with Gasteiger partial charge in [0.15, 0.2) is 13.2 Å². The molecule has 30 heavy (non-hydrogen) atoms. The number of para-hydroxylation sites is 1. The van der Waals surface area contributed by atoms with Gasteiger partial charge in [-0.05, 0) is 44.0 Å². The van der Waals surface area contributed by atoms with Crippen molar-refractivity contribution in [3.63, 3.8) is 0 Å². The lowest BCUT2D eigenvalue weighted by atomic mass is 10.1. The molecule has 0 aromatic heterocycles. The van der Waals surface area contributed by atoms with Gasteiger partial charge in [0.05, 0.1) is 5.69 Å². The van der Waals surface area contributed by atoms with Gasteiger partial charge in [-0.25, -0.2) is 9.18 Å². The summed E-state index contributed by atoms with van der Waals surface area (Å²) in [5.74, 6) is -0.467. The van der Waals surface area contributed by atoms with Crippen LogP contribution < -0.4 is 9.64 Å². The van der Waals surface area contributed by atoms with E-state index in [0.717, 1.165) is 16.7 Å². The first-order valence-electron chi connectivity index (χ1n) is 9.98. The van der Waals surface area contributed by atoms with Crippen molar-refractivity contribution < 1.29 is 23.5 Å². The third kappa shape index (κ3) is 5.28. The molecule has 1 fully saturated rings. The SMILES string of the molecule is Cc1cc(C)c(OCC(=O)OCC(=O)N2CCN(c3ccccc3F)CC2)c(C)c1. The molecule has 6 nitrogen and oxygen atoms in total. The zero-order valence-corrected chi connectivity index (χ0v) is 17.6. The molecule has 160 valence electrons. The van der Waals surface area contributed by atoms with Crippen LogP contribution in [0.15, 0.2) is 36.4 Å². The van der Waals surface area contributed by atoms with Gasteiger partial charge >= 0.3 is 5.97 Å². The summed E-state index contributed by atoms with van der Waals surface area (Å²) in [6.45, 7) is 7.21. The number of nitrogens with zero attached hydrogens (tertiary/aromatic N) is 2. The molecule has 1 aliphatic rings. The minimum Gasteiger partial charge on any atom is -0.481 e. The van der Waals surface area contributed by atoms with Crippen LogP contribution in [-0.4, -0.2) is 56.2 Å². The maximum atomic E-state index is 13.9. The van der Waals surface area contributed by atoms with Crippen LogP contribution >= 0.6 is 0 Å². The van der Waals surface area contributed by atoms with Crippen molar-refractivity contribution in [2.45, 2.75) is 20.8 Å². The fourth-order valence-electron chi connectivity index (χ4n) is 3.71. The fourth-order valence-corrected chi connectivity index (χ4v) is 3.71. The van der Waals surface area contributed by atoms with Gasteiger partial charge < -0.3 is 19.3 Å². The summed E-state index contributed by atoms with van der Waals surface area (Å²) in [5, 5.41) is 0. The number of esters is 1. The molecule has 0 bridgehead atoms. The van der Waals surface area contributed by atoms with Gasteiger partial charge in [0.25, 0.3) is 5.91 Å². The number of carbonyl (C=O) groups is 2. The molecular weight excluding hydrogens is 387 g/mol. The molecule has 1 amide bonds. The number of carbonyl (C=O) groups excluding carboxylic acids is 2. The Hall–Kier alpha value is -3.09. The van der Waals surface area contributed by atoms with E-state index in [0.29, 0.717) is 37.6 Å². The van der Waals surface area contributed by atoms with E-state index in [-0.39, 0.29) is 24.9 Å². The quantitative estimate of drug-likeness (QED) is 0.680. The number of piperazine rings is 1. The Morgan fingerprint density at radius 3 is 2.23 bits per heavy atom. The Labute approximate surface area is 176 Å². The van der Waals surface area contributed by atoms with Gasteiger partial charge in [0.1, 0.15) is 11.6 Å².